The number of hydrogen-bond acceptors (Lipinski definition) is 4. The summed E-state index contributed by atoms with van der Waals surface area (Å²) in [5, 5.41) is 9.04. The van der Waals surface area contributed by atoms with Crippen LogP contribution in [-0.2, 0) is 14.4 Å². The number of carboxylic acids is 1. The Hall–Kier alpha value is -1.43. The lowest BCUT2D eigenvalue weighted by Gasteiger charge is -2.28. The second kappa shape index (κ2) is 6.56. The summed E-state index contributed by atoms with van der Waals surface area (Å²) >= 11 is 0. The zero-order valence-electron chi connectivity index (χ0n) is 12.7. The highest BCUT2D eigenvalue weighted by molar-refractivity contribution is 6.06. The number of hydrogen-bond donors (Lipinski definition) is 1. The summed E-state index contributed by atoms with van der Waals surface area (Å²) in [6.45, 7) is 4.27. The van der Waals surface area contributed by atoms with Gasteiger partial charge < -0.3 is 5.11 Å². The molecule has 1 aliphatic heterocycles. The predicted octanol–water partition coefficient (Wildman–Crippen LogP) is 1.10. The van der Waals surface area contributed by atoms with E-state index in [0.29, 0.717) is 6.54 Å². The molecule has 2 amide bonds. The number of carbonyl (C=O) groups is 3. The molecule has 1 saturated carbocycles. The molecule has 0 aromatic heterocycles. The van der Waals surface area contributed by atoms with E-state index in [-0.39, 0.29) is 36.7 Å². The van der Waals surface area contributed by atoms with Gasteiger partial charge in [-0.3, -0.25) is 24.2 Å². The molecule has 0 bridgehead atoms. The standard InChI is InChI=1S/C15H24N2O4/c1-10(2)8-16(9-14(19)20)12-7-13(18)17(15(12)21)11-5-3-4-6-11/h10-12H,3-9H2,1-2H3,(H,19,20). The van der Waals surface area contributed by atoms with Crippen molar-refractivity contribution in [2.24, 2.45) is 5.92 Å². The highest BCUT2D eigenvalue weighted by Gasteiger charge is 2.45. The van der Waals surface area contributed by atoms with E-state index in [2.05, 4.69) is 0 Å². The first-order chi connectivity index (χ1) is 9.90. The average Bonchev–Trinajstić information content (AvgIpc) is 2.95. The molecule has 1 heterocycles. The summed E-state index contributed by atoms with van der Waals surface area (Å²) in [4.78, 5) is 38.8. The SMILES string of the molecule is CC(C)CN(CC(=O)O)C1CC(=O)N(C2CCCC2)C1=O. The monoisotopic (exact) mass is 296 g/mol. The fourth-order valence-electron chi connectivity index (χ4n) is 3.41. The van der Waals surface area contributed by atoms with Crippen molar-refractivity contribution >= 4 is 17.8 Å². The molecule has 6 nitrogen and oxygen atoms in total. The van der Waals surface area contributed by atoms with Crippen LogP contribution in [0, 0.1) is 5.92 Å². The van der Waals surface area contributed by atoms with E-state index in [1.807, 2.05) is 13.8 Å². The number of nitrogens with zero attached hydrogens (tertiary/aromatic N) is 2. The summed E-state index contributed by atoms with van der Waals surface area (Å²) < 4.78 is 0. The Morgan fingerprint density at radius 3 is 2.48 bits per heavy atom. The minimum atomic E-state index is -0.963. The molecule has 1 aliphatic carbocycles. The van der Waals surface area contributed by atoms with Crippen LogP contribution in [0.3, 0.4) is 0 Å². The second-order valence-corrected chi connectivity index (χ2v) is 6.48. The summed E-state index contributed by atoms with van der Waals surface area (Å²) in [5.41, 5.74) is 0. The number of imide groups is 1. The molecule has 0 aromatic rings. The van der Waals surface area contributed by atoms with Crippen LogP contribution >= 0.6 is 0 Å². The summed E-state index contributed by atoms with van der Waals surface area (Å²) in [6, 6.07) is -0.572. The minimum absolute atomic E-state index is 0.0285. The fraction of sp³-hybridized carbons (Fsp3) is 0.800. The number of likely N-dealkylation sites (tertiary alicyclic amines) is 1. The quantitative estimate of drug-likeness (QED) is 0.743. The first-order valence-corrected chi connectivity index (χ1v) is 7.72. The van der Waals surface area contributed by atoms with Gasteiger partial charge in [-0.1, -0.05) is 26.7 Å². The van der Waals surface area contributed by atoms with Crippen LogP contribution in [0.25, 0.3) is 0 Å². The maximum atomic E-state index is 12.6. The summed E-state index contributed by atoms with van der Waals surface area (Å²) in [5.74, 6) is -1.06. The van der Waals surface area contributed by atoms with Crippen LogP contribution in [0.4, 0.5) is 0 Å². The molecule has 1 atom stereocenters. The number of aliphatic carboxylic acids is 1. The highest BCUT2D eigenvalue weighted by atomic mass is 16.4. The maximum Gasteiger partial charge on any atom is 0.317 e. The van der Waals surface area contributed by atoms with Crippen LogP contribution in [0.5, 0.6) is 0 Å². The third kappa shape index (κ3) is 3.61. The van der Waals surface area contributed by atoms with Gasteiger partial charge in [0.15, 0.2) is 0 Å². The minimum Gasteiger partial charge on any atom is -0.480 e. The van der Waals surface area contributed by atoms with E-state index in [1.165, 1.54) is 4.90 Å². The van der Waals surface area contributed by atoms with Crippen molar-refractivity contribution in [3.8, 4) is 0 Å². The predicted molar refractivity (Wildman–Crippen MR) is 76.6 cm³/mol. The number of carbonyl (C=O) groups excluding carboxylic acids is 2. The van der Waals surface area contributed by atoms with Crippen LogP contribution < -0.4 is 0 Å². The average molecular weight is 296 g/mol. The molecule has 21 heavy (non-hydrogen) atoms. The highest BCUT2D eigenvalue weighted by Crippen LogP contribution is 2.30. The van der Waals surface area contributed by atoms with Crippen LogP contribution in [0.15, 0.2) is 0 Å². The van der Waals surface area contributed by atoms with Crippen molar-refractivity contribution in [2.75, 3.05) is 13.1 Å². The smallest absolute Gasteiger partial charge is 0.317 e. The van der Waals surface area contributed by atoms with E-state index in [4.69, 9.17) is 5.11 Å². The van der Waals surface area contributed by atoms with Gasteiger partial charge in [0.2, 0.25) is 11.8 Å². The van der Waals surface area contributed by atoms with Crippen molar-refractivity contribution in [2.45, 2.75) is 58.0 Å². The van der Waals surface area contributed by atoms with Gasteiger partial charge in [0, 0.05) is 12.6 Å². The maximum absolute atomic E-state index is 12.6. The Morgan fingerprint density at radius 2 is 1.95 bits per heavy atom. The lowest BCUT2D eigenvalue weighted by atomic mass is 10.1. The van der Waals surface area contributed by atoms with E-state index >= 15 is 0 Å². The Kier molecular flexibility index (Phi) is 4.98. The van der Waals surface area contributed by atoms with Crippen molar-refractivity contribution < 1.29 is 19.5 Å². The van der Waals surface area contributed by atoms with Gasteiger partial charge in [0.1, 0.15) is 0 Å². The molecule has 2 aliphatic rings. The summed E-state index contributed by atoms with van der Waals surface area (Å²) in [6.07, 6.45) is 3.99. The number of amides is 2. The molecule has 1 saturated heterocycles. The molecule has 0 aromatic carbocycles. The van der Waals surface area contributed by atoms with Gasteiger partial charge in [-0.15, -0.1) is 0 Å². The molecule has 2 fully saturated rings. The van der Waals surface area contributed by atoms with Gasteiger partial charge in [-0.05, 0) is 18.8 Å². The zero-order valence-corrected chi connectivity index (χ0v) is 12.7. The lowest BCUT2D eigenvalue weighted by molar-refractivity contribution is -0.143. The molecule has 0 spiro atoms. The zero-order chi connectivity index (χ0) is 15.6. The normalized spacial score (nSPS) is 23.8. The fourth-order valence-corrected chi connectivity index (χ4v) is 3.41. The molecule has 2 rings (SSSR count). The first-order valence-electron chi connectivity index (χ1n) is 7.72. The van der Waals surface area contributed by atoms with Gasteiger partial charge in [0.25, 0.3) is 0 Å². The Balaban J connectivity index is 2.12. The number of rotatable bonds is 6. The van der Waals surface area contributed by atoms with Crippen LogP contribution in [0.1, 0.15) is 46.0 Å². The Labute approximate surface area is 125 Å². The molecule has 118 valence electrons. The number of carboxylic acid groups (broad SMARTS) is 1. The molecule has 0 radical (unpaired) electrons. The largest absolute Gasteiger partial charge is 0.480 e. The van der Waals surface area contributed by atoms with E-state index in [1.54, 1.807) is 4.90 Å². The topological polar surface area (TPSA) is 77.9 Å². The first kappa shape index (κ1) is 15.9. The van der Waals surface area contributed by atoms with Gasteiger partial charge in [0.05, 0.1) is 19.0 Å². The third-order valence-corrected chi connectivity index (χ3v) is 4.23. The summed E-state index contributed by atoms with van der Waals surface area (Å²) in [7, 11) is 0. The molecular formula is C15H24N2O4. The molecule has 1 N–H and O–H groups in total. The van der Waals surface area contributed by atoms with E-state index in [9.17, 15) is 14.4 Å². The molecular weight excluding hydrogens is 272 g/mol. The van der Waals surface area contributed by atoms with Crippen molar-refractivity contribution in [1.82, 2.24) is 9.80 Å². The van der Waals surface area contributed by atoms with Gasteiger partial charge in [-0.2, -0.15) is 0 Å². The Morgan fingerprint density at radius 1 is 1.33 bits per heavy atom. The van der Waals surface area contributed by atoms with Crippen molar-refractivity contribution in [3.05, 3.63) is 0 Å². The van der Waals surface area contributed by atoms with Gasteiger partial charge >= 0.3 is 5.97 Å². The Bertz CT molecular complexity index is 429. The van der Waals surface area contributed by atoms with Gasteiger partial charge in [-0.25, -0.2) is 0 Å². The van der Waals surface area contributed by atoms with Crippen molar-refractivity contribution in [1.29, 1.82) is 0 Å². The van der Waals surface area contributed by atoms with Crippen LogP contribution in [-0.4, -0.2) is 57.9 Å². The van der Waals surface area contributed by atoms with Crippen molar-refractivity contribution in [3.63, 3.8) is 0 Å². The van der Waals surface area contributed by atoms with E-state index in [0.717, 1.165) is 25.7 Å². The van der Waals surface area contributed by atoms with E-state index < -0.39 is 12.0 Å². The second-order valence-electron chi connectivity index (χ2n) is 6.48. The molecule has 6 heteroatoms. The lowest BCUT2D eigenvalue weighted by Crippen LogP contribution is -2.47. The van der Waals surface area contributed by atoms with Crippen LogP contribution in [0.2, 0.25) is 0 Å². The molecule has 1 unspecified atom stereocenters. The third-order valence-electron chi connectivity index (χ3n) is 4.23.